The van der Waals surface area contributed by atoms with Crippen molar-refractivity contribution in [2.45, 2.75) is 45.1 Å². The lowest BCUT2D eigenvalue weighted by Gasteiger charge is -2.47. The van der Waals surface area contributed by atoms with Crippen molar-refractivity contribution in [3.8, 4) is 11.4 Å². The number of piperidine rings is 2. The van der Waals surface area contributed by atoms with Crippen molar-refractivity contribution < 1.29 is 19.2 Å². The molecule has 3 heterocycles. The highest BCUT2D eigenvalue weighted by Crippen LogP contribution is 2.40. The van der Waals surface area contributed by atoms with E-state index in [1.807, 2.05) is 31.2 Å². The highest BCUT2D eigenvalue weighted by atomic mass is 16.5. The molecule has 30 heavy (non-hydrogen) atoms. The summed E-state index contributed by atoms with van der Waals surface area (Å²) in [4.78, 5) is 33.2. The van der Waals surface area contributed by atoms with Crippen molar-refractivity contribution >= 4 is 11.8 Å². The van der Waals surface area contributed by atoms with Gasteiger partial charge in [-0.05, 0) is 31.7 Å². The summed E-state index contributed by atoms with van der Waals surface area (Å²) in [5, 5.41) is 14.1. The molecule has 0 aliphatic carbocycles. The molecule has 2 fully saturated rings. The average molecular weight is 412 g/mol. The van der Waals surface area contributed by atoms with E-state index in [0.717, 1.165) is 11.1 Å². The lowest BCUT2D eigenvalue weighted by Crippen LogP contribution is -2.56. The van der Waals surface area contributed by atoms with E-state index in [4.69, 9.17) is 4.52 Å². The van der Waals surface area contributed by atoms with Gasteiger partial charge >= 0.3 is 0 Å². The summed E-state index contributed by atoms with van der Waals surface area (Å²) in [6.07, 6.45) is 1.86. The van der Waals surface area contributed by atoms with Crippen LogP contribution in [-0.4, -0.2) is 69.6 Å². The van der Waals surface area contributed by atoms with Gasteiger partial charge in [0.25, 0.3) is 0 Å². The molecule has 2 amide bonds. The summed E-state index contributed by atoms with van der Waals surface area (Å²) >= 11 is 0. The van der Waals surface area contributed by atoms with Crippen molar-refractivity contribution in [1.29, 1.82) is 0 Å². The number of rotatable bonds is 4. The molecule has 8 heteroatoms. The van der Waals surface area contributed by atoms with Gasteiger partial charge in [-0.1, -0.05) is 29.4 Å². The molecule has 8 nitrogen and oxygen atoms in total. The largest absolute Gasteiger partial charge is 0.391 e. The highest BCUT2D eigenvalue weighted by Gasteiger charge is 2.47. The van der Waals surface area contributed by atoms with Gasteiger partial charge in [-0.2, -0.15) is 4.98 Å². The number of nitrogens with zero attached hydrogens (tertiary/aromatic N) is 4. The van der Waals surface area contributed by atoms with Crippen molar-refractivity contribution in [3.63, 3.8) is 0 Å². The first-order valence-electron chi connectivity index (χ1n) is 10.5. The smallest absolute Gasteiger partial charge is 0.228 e. The highest BCUT2D eigenvalue weighted by molar-refractivity contribution is 5.84. The Morgan fingerprint density at radius 3 is 2.77 bits per heavy atom. The molecule has 0 bridgehead atoms. The van der Waals surface area contributed by atoms with Crippen molar-refractivity contribution in [2.75, 3.05) is 26.7 Å². The second kappa shape index (κ2) is 8.18. The number of β-amino-alcohol motifs (C(OH)–C–C–N with tert-alkyl or cyclic N) is 1. The minimum atomic E-state index is -0.530. The predicted octanol–water partition coefficient (Wildman–Crippen LogP) is 1.81. The third-order valence-electron chi connectivity index (χ3n) is 6.39. The molecule has 1 atom stereocenters. The fourth-order valence-electron chi connectivity index (χ4n) is 4.67. The minimum Gasteiger partial charge on any atom is -0.391 e. The second-order valence-electron chi connectivity index (χ2n) is 8.53. The Bertz CT molecular complexity index is 933. The molecule has 0 saturated carbocycles. The number of amides is 2. The molecule has 1 spiro atoms. The van der Waals surface area contributed by atoms with Crippen LogP contribution in [0.5, 0.6) is 0 Å². The maximum Gasteiger partial charge on any atom is 0.228 e. The quantitative estimate of drug-likeness (QED) is 0.822. The van der Waals surface area contributed by atoms with E-state index in [0.29, 0.717) is 63.5 Å². The molecular formula is C22H28N4O4. The Balaban J connectivity index is 1.32. The minimum absolute atomic E-state index is 0.0256. The average Bonchev–Trinajstić information content (AvgIpc) is 3.20. The molecule has 0 radical (unpaired) electrons. The Kier molecular flexibility index (Phi) is 5.60. The zero-order valence-electron chi connectivity index (χ0n) is 17.5. The molecule has 4 rings (SSSR count). The van der Waals surface area contributed by atoms with Crippen LogP contribution in [0.1, 0.15) is 37.1 Å². The number of benzene rings is 1. The molecule has 1 aromatic heterocycles. The predicted molar refractivity (Wildman–Crippen MR) is 109 cm³/mol. The van der Waals surface area contributed by atoms with Gasteiger partial charge in [-0.3, -0.25) is 9.59 Å². The van der Waals surface area contributed by atoms with E-state index in [-0.39, 0.29) is 11.8 Å². The standard InChI is InChI=1S/C22H28N4O4/c1-15-5-3-4-6-17(15)20-23-18(30-24-20)7-8-19(28)26-11-9-22(10-12-26)13-16(27)14-25(2)21(22)29/h3-6,16,27H,7-14H2,1-2H3. The van der Waals surface area contributed by atoms with Gasteiger partial charge in [-0.25, -0.2) is 0 Å². The van der Waals surface area contributed by atoms with Gasteiger partial charge < -0.3 is 19.4 Å². The number of hydrogen-bond acceptors (Lipinski definition) is 6. The molecule has 1 N–H and O–H groups in total. The number of likely N-dealkylation sites (tertiary alicyclic amines) is 2. The van der Waals surface area contributed by atoms with Gasteiger partial charge in [0.05, 0.1) is 11.5 Å². The van der Waals surface area contributed by atoms with Crippen LogP contribution in [-0.2, 0) is 16.0 Å². The van der Waals surface area contributed by atoms with E-state index in [9.17, 15) is 14.7 Å². The first kappa shape index (κ1) is 20.5. The van der Waals surface area contributed by atoms with E-state index in [2.05, 4.69) is 10.1 Å². The SMILES string of the molecule is Cc1ccccc1-c1noc(CCC(=O)N2CCC3(CC2)CC(O)CN(C)C3=O)n1. The van der Waals surface area contributed by atoms with E-state index in [1.165, 1.54) is 0 Å². The first-order chi connectivity index (χ1) is 14.4. The summed E-state index contributed by atoms with van der Waals surface area (Å²) in [6.45, 7) is 3.44. The molecule has 1 aromatic carbocycles. The van der Waals surface area contributed by atoms with E-state index < -0.39 is 11.5 Å². The van der Waals surface area contributed by atoms with Gasteiger partial charge in [0.2, 0.25) is 23.5 Å². The fraction of sp³-hybridized carbons (Fsp3) is 0.545. The number of hydrogen-bond donors (Lipinski definition) is 1. The van der Waals surface area contributed by atoms with Crippen LogP contribution in [0.2, 0.25) is 0 Å². The molecule has 2 aliphatic rings. The molecule has 2 aromatic rings. The molecule has 1 unspecified atom stereocenters. The summed E-state index contributed by atoms with van der Waals surface area (Å²) in [7, 11) is 1.74. The van der Waals surface area contributed by atoms with Crippen molar-refractivity contribution in [1.82, 2.24) is 19.9 Å². The van der Waals surface area contributed by atoms with Gasteiger partial charge in [0, 0.05) is 45.1 Å². The summed E-state index contributed by atoms with van der Waals surface area (Å²) in [5.74, 6) is 1.10. The summed E-state index contributed by atoms with van der Waals surface area (Å²) in [5.41, 5.74) is 1.46. The second-order valence-corrected chi connectivity index (χ2v) is 8.53. The maximum absolute atomic E-state index is 12.7. The van der Waals surface area contributed by atoms with Crippen molar-refractivity contribution in [2.24, 2.45) is 5.41 Å². The molecule has 160 valence electrons. The number of aryl methyl sites for hydroxylation is 2. The maximum atomic E-state index is 12.7. The number of aliphatic hydroxyl groups is 1. The Labute approximate surface area is 175 Å². The number of aliphatic hydroxyl groups excluding tert-OH is 1. The van der Waals surface area contributed by atoms with Crippen LogP contribution in [0.15, 0.2) is 28.8 Å². The number of likely N-dealkylation sites (N-methyl/N-ethyl adjacent to an activating group) is 1. The fourth-order valence-corrected chi connectivity index (χ4v) is 4.67. The summed E-state index contributed by atoms with van der Waals surface area (Å²) in [6, 6.07) is 7.82. The molecule has 2 aliphatic heterocycles. The van der Waals surface area contributed by atoms with Crippen LogP contribution in [0.25, 0.3) is 11.4 Å². The topological polar surface area (TPSA) is 99.8 Å². The van der Waals surface area contributed by atoms with E-state index >= 15 is 0 Å². The van der Waals surface area contributed by atoms with Crippen LogP contribution in [0, 0.1) is 12.3 Å². The normalized spacial score (nSPS) is 21.3. The van der Waals surface area contributed by atoms with Gasteiger partial charge in [0.15, 0.2) is 0 Å². The van der Waals surface area contributed by atoms with Gasteiger partial charge in [-0.15, -0.1) is 0 Å². The van der Waals surface area contributed by atoms with Crippen molar-refractivity contribution in [3.05, 3.63) is 35.7 Å². The third-order valence-corrected chi connectivity index (χ3v) is 6.39. The van der Waals surface area contributed by atoms with Crippen LogP contribution in [0.4, 0.5) is 0 Å². The lowest BCUT2D eigenvalue weighted by atomic mass is 9.71. The molecular weight excluding hydrogens is 384 g/mol. The molecule has 2 saturated heterocycles. The Morgan fingerprint density at radius 2 is 2.03 bits per heavy atom. The van der Waals surface area contributed by atoms with E-state index in [1.54, 1.807) is 16.8 Å². The number of aromatic nitrogens is 2. The lowest BCUT2D eigenvalue weighted by molar-refractivity contribution is -0.156. The monoisotopic (exact) mass is 412 g/mol. The zero-order valence-corrected chi connectivity index (χ0v) is 17.5. The Hall–Kier alpha value is -2.74. The summed E-state index contributed by atoms with van der Waals surface area (Å²) < 4.78 is 5.33. The number of carbonyl (C=O) groups is 2. The zero-order chi connectivity index (χ0) is 21.3. The first-order valence-corrected chi connectivity index (χ1v) is 10.5. The van der Waals surface area contributed by atoms with Gasteiger partial charge in [0.1, 0.15) is 0 Å². The Morgan fingerprint density at radius 1 is 1.30 bits per heavy atom. The van der Waals surface area contributed by atoms with Crippen LogP contribution < -0.4 is 0 Å². The third kappa shape index (κ3) is 3.96. The van der Waals surface area contributed by atoms with Crippen LogP contribution >= 0.6 is 0 Å². The number of carbonyl (C=O) groups excluding carboxylic acids is 2. The van der Waals surface area contributed by atoms with Crippen LogP contribution in [0.3, 0.4) is 0 Å².